The second kappa shape index (κ2) is 5.65. The Labute approximate surface area is 99.8 Å². The van der Waals surface area contributed by atoms with Gasteiger partial charge in [0.1, 0.15) is 6.04 Å². The molecule has 1 aliphatic heterocycles. The average Bonchev–Trinajstić information content (AvgIpc) is 2.25. The number of hydrogen-bond acceptors (Lipinski definition) is 3. The zero-order valence-electron chi connectivity index (χ0n) is 10.0. The van der Waals surface area contributed by atoms with E-state index in [9.17, 15) is 14.4 Å². The minimum atomic E-state index is -1.03. The van der Waals surface area contributed by atoms with E-state index in [4.69, 9.17) is 5.11 Å². The molecule has 0 aromatic rings. The Kier molecular flexibility index (Phi) is 4.48. The maximum absolute atomic E-state index is 11.8. The van der Waals surface area contributed by atoms with Crippen LogP contribution in [0.15, 0.2) is 0 Å². The van der Waals surface area contributed by atoms with Crippen molar-refractivity contribution in [2.45, 2.75) is 32.7 Å². The standard InChI is InChI=1S/C11H18N2O4/c1-6(2)9(11(16)17)13-10(15)7-3-4-8(14)12-5-7/h6-7,9H,3-5H2,1-2H3,(H,12,14)(H,13,15)(H,16,17). The fourth-order valence-electron chi connectivity index (χ4n) is 1.74. The third-order valence-corrected chi connectivity index (χ3v) is 2.87. The minimum Gasteiger partial charge on any atom is -0.480 e. The first-order valence-corrected chi connectivity index (χ1v) is 5.71. The molecule has 17 heavy (non-hydrogen) atoms. The van der Waals surface area contributed by atoms with Crippen molar-refractivity contribution in [3.63, 3.8) is 0 Å². The number of piperidine rings is 1. The predicted molar refractivity (Wildman–Crippen MR) is 60.1 cm³/mol. The first kappa shape index (κ1) is 13.5. The molecule has 1 heterocycles. The number of hydrogen-bond donors (Lipinski definition) is 3. The van der Waals surface area contributed by atoms with Gasteiger partial charge in [0.2, 0.25) is 11.8 Å². The Bertz CT molecular complexity index is 317. The van der Waals surface area contributed by atoms with Crippen molar-refractivity contribution < 1.29 is 19.5 Å². The molecule has 2 amide bonds. The van der Waals surface area contributed by atoms with Gasteiger partial charge < -0.3 is 15.7 Å². The number of nitrogens with one attached hydrogen (secondary N) is 2. The van der Waals surface area contributed by atoms with E-state index in [0.717, 1.165) is 0 Å². The summed E-state index contributed by atoms with van der Waals surface area (Å²) in [7, 11) is 0. The lowest BCUT2D eigenvalue weighted by Crippen LogP contribution is -2.50. The first-order chi connectivity index (χ1) is 7.91. The van der Waals surface area contributed by atoms with Gasteiger partial charge in [0.25, 0.3) is 0 Å². The molecule has 1 aliphatic rings. The summed E-state index contributed by atoms with van der Waals surface area (Å²) in [5, 5.41) is 14.1. The topological polar surface area (TPSA) is 95.5 Å². The van der Waals surface area contributed by atoms with Crippen LogP contribution in [0.4, 0.5) is 0 Å². The van der Waals surface area contributed by atoms with Crippen LogP contribution >= 0.6 is 0 Å². The highest BCUT2D eigenvalue weighted by atomic mass is 16.4. The number of carbonyl (C=O) groups excluding carboxylic acids is 2. The molecule has 1 rings (SSSR count). The molecule has 1 fully saturated rings. The fraction of sp³-hybridized carbons (Fsp3) is 0.727. The van der Waals surface area contributed by atoms with Gasteiger partial charge in [-0.2, -0.15) is 0 Å². The summed E-state index contributed by atoms with van der Waals surface area (Å²) in [6, 6.07) is -0.875. The van der Waals surface area contributed by atoms with E-state index in [1.807, 2.05) is 0 Å². The van der Waals surface area contributed by atoms with Crippen molar-refractivity contribution in [2.75, 3.05) is 6.54 Å². The minimum absolute atomic E-state index is 0.0623. The monoisotopic (exact) mass is 242 g/mol. The van der Waals surface area contributed by atoms with Crippen molar-refractivity contribution in [2.24, 2.45) is 11.8 Å². The van der Waals surface area contributed by atoms with E-state index >= 15 is 0 Å². The summed E-state index contributed by atoms with van der Waals surface area (Å²) in [6.07, 6.45) is 0.791. The molecule has 0 aromatic heterocycles. The molecule has 2 atom stereocenters. The van der Waals surface area contributed by atoms with Crippen LogP contribution in [-0.4, -0.2) is 35.5 Å². The lowest BCUT2D eigenvalue weighted by molar-refractivity contribution is -0.144. The molecule has 2 unspecified atom stereocenters. The van der Waals surface area contributed by atoms with Gasteiger partial charge in [0.05, 0.1) is 5.92 Å². The third-order valence-electron chi connectivity index (χ3n) is 2.87. The zero-order valence-corrected chi connectivity index (χ0v) is 10.0. The maximum atomic E-state index is 11.8. The first-order valence-electron chi connectivity index (χ1n) is 5.71. The fourth-order valence-corrected chi connectivity index (χ4v) is 1.74. The van der Waals surface area contributed by atoms with Crippen LogP contribution in [-0.2, 0) is 14.4 Å². The highest BCUT2D eigenvalue weighted by Gasteiger charge is 2.29. The van der Waals surface area contributed by atoms with Crippen molar-refractivity contribution in [1.82, 2.24) is 10.6 Å². The van der Waals surface area contributed by atoms with Crippen LogP contribution < -0.4 is 10.6 Å². The molecule has 0 radical (unpaired) electrons. The number of carboxylic acids is 1. The van der Waals surface area contributed by atoms with Gasteiger partial charge >= 0.3 is 5.97 Å². The van der Waals surface area contributed by atoms with Gasteiger partial charge in [-0.3, -0.25) is 9.59 Å². The average molecular weight is 242 g/mol. The van der Waals surface area contributed by atoms with E-state index in [1.54, 1.807) is 13.8 Å². The molecule has 1 saturated heterocycles. The summed E-state index contributed by atoms with van der Waals surface area (Å²) in [4.78, 5) is 33.7. The van der Waals surface area contributed by atoms with Crippen molar-refractivity contribution in [1.29, 1.82) is 0 Å². The lowest BCUT2D eigenvalue weighted by Gasteiger charge is -2.25. The molecule has 0 aromatic carbocycles. The zero-order chi connectivity index (χ0) is 13.0. The van der Waals surface area contributed by atoms with E-state index in [1.165, 1.54) is 0 Å². The highest BCUT2D eigenvalue weighted by Crippen LogP contribution is 2.12. The molecular formula is C11H18N2O4. The summed E-state index contributed by atoms with van der Waals surface area (Å²) in [5.41, 5.74) is 0. The highest BCUT2D eigenvalue weighted by molar-refractivity contribution is 5.87. The Hall–Kier alpha value is -1.59. The van der Waals surface area contributed by atoms with E-state index in [0.29, 0.717) is 12.8 Å². The number of amides is 2. The molecule has 96 valence electrons. The summed E-state index contributed by atoms with van der Waals surface area (Å²) >= 11 is 0. The number of rotatable bonds is 4. The normalized spacial score (nSPS) is 21.8. The molecule has 0 bridgehead atoms. The summed E-state index contributed by atoms with van der Waals surface area (Å²) in [6.45, 7) is 3.76. The van der Waals surface area contributed by atoms with Crippen LogP contribution in [0.3, 0.4) is 0 Å². The van der Waals surface area contributed by atoms with Gasteiger partial charge in [-0.25, -0.2) is 4.79 Å². The smallest absolute Gasteiger partial charge is 0.326 e. The SMILES string of the molecule is CC(C)C(NC(=O)C1CCC(=O)NC1)C(=O)O. The van der Waals surface area contributed by atoms with E-state index < -0.39 is 12.0 Å². The molecular weight excluding hydrogens is 224 g/mol. The number of carbonyl (C=O) groups is 3. The van der Waals surface area contributed by atoms with Gasteiger partial charge in [0.15, 0.2) is 0 Å². The second-order valence-electron chi connectivity index (χ2n) is 4.61. The summed E-state index contributed by atoms with van der Waals surface area (Å²) < 4.78 is 0. The van der Waals surface area contributed by atoms with Crippen LogP contribution in [0.2, 0.25) is 0 Å². The Balaban J connectivity index is 2.53. The van der Waals surface area contributed by atoms with Gasteiger partial charge in [-0.1, -0.05) is 13.8 Å². The van der Waals surface area contributed by atoms with Crippen molar-refractivity contribution in [3.05, 3.63) is 0 Å². The molecule has 3 N–H and O–H groups in total. The van der Waals surface area contributed by atoms with Gasteiger partial charge in [-0.15, -0.1) is 0 Å². The Morgan fingerprint density at radius 3 is 2.53 bits per heavy atom. The van der Waals surface area contributed by atoms with E-state index in [-0.39, 0.29) is 30.2 Å². The number of aliphatic carboxylic acids is 1. The van der Waals surface area contributed by atoms with Crippen molar-refractivity contribution in [3.8, 4) is 0 Å². The van der Waals surface area contributed by atoms with Crippen molar-refractivity contribution >= 4 is 17.8 Å². The molecule has 6 nitrogen and oxygen atoms in total. The third kappa shape index (κ3) is 3.72. The molecule has 6 heteroatoms. The van der Waals surface area contributed by atoms with Crippen LogP contribution in [0.25, 0.3) is 0 Å². The molecule has 0 spiro atoms. The van der Waals surface area contributed by atoms with Gasteiger partial charge in [-0.05, 0) is 12.3 Å². The van der Waals surface area contributed by atoms with Crippen LogP contribution in [0, 0.1) is 11.8 Å². The Morgan fingerprint density at radius 1 is 1.47 bits per heavy atom. The van der Waals surface area contributed by atoms with Crippen LogP contribution in [0.5, 0.6) is 0 Å². The van der Waals surface area contributed by atoms with E-state index in [2.05, 4.69) is 10.6 Å². The maximum Gasteiger partial charge on any atom is 0.326 e. The van der Waals surface area contributed by atoms with Gasteiger partial charge in [0, 0.05) is 13.0 Å². The lowest BCUT2D eigenvalue weighted by atomic mass is 9.96. The Morgan fingerprint density at radius 2 is 2.12 bits per heavy atom. The largest absolute Gasteiger partial charge is 0.480 e. The molecule has 0 saturated carbocycles. The number of carboxylic acid groups (broad SMARTS) is 1. The molecule has 0 aliphatic carbocycles. The summed E-state index contributed by atoms with van der Waals surface area (Å²) in [5.74, 6) is -1.89. The predicted octanol–water partition coefficient (Wildman–Crippen LogP) is -0.262. The van der Waals surface area contributed by atoms with Crippen LogP contribution in [0.1, 0.15) is 26.7 Å². The quantitative estimate of drug-likeness (QED) is 0.632. The second-order valence-corrected chi connectivity index (χ2v) is 4.61.